The van der Waals surface area contributed by atoms with Crippen LogP contribution < -0.4 is 5.32 Å². The number of aromatic nitrogens is 1. The molecule has 0 aliphatic carbocycles. The van der Waals surface area contributed by atoms with Gasteiger partial charge >= 0.3 is 0 Å². The average Bonchev–Trinajstić information content (AvgIpc) is 2.97. The SMILES string of the molecule is Cc1ccccc1-c1csc(C(C)N2CCNCC2)n1. The summed E-state index contributed by atoms with van der Waals surface area (Å²) in [6, 6.07) is 8.88. The third-order valence-corrected chi connectivity index (χ3v) is 5.01. The molecule has 1 aromatic carbocycles. The van der Waals surface area contributed by atoms with E-state index in [9.17, 15) is 0 Å². The molecule has 0 saturated carbocycles. The fraction of sp³-hybridized carbons (Fsp3) is 0.438. The zero-order valence-electron chi connectivity index (χ0n) is 12.1. The molecule has 1 aliphatic heterocycles. The van der Waals surface area contributed by atoms with Gasteiger partial charge in [-0.05, 0) is 19.4 Å². The highest BCUT2D eigenvalue weighted by Crippen LogP contribution is 2.29. The lowest BCUT2D eigenvalue weighted by molar-refractivity contribution is 0.185. The summed E-state index contributed by atoms with van der Waals surface area (Å²) in [7, 11) is 0. The Labute approximate surface area is 124 Å². The lowest BCUT2D eigenvalue weighted by Gasteiger charge is -2.31. The maximum absolute atomic E-state index is 4.87. The zero-order chi connectivity index (χ0) is 13.9. The highest BCUT2D eigenvalue weighted by Gasteiger charge is 2.20. The van der Waals surface area contributed by atoms with E-state index < -0.39 is 0 Å². The number of benzene rings is 1. The Kier molecular flexibility index (Phi) is 4.15. The Morgan fingerprint density at radius 3 is 2.75 bits per heavy atom. The van der Waals surface area contributed by atoms with Crippen LogP contribution in [-0.2, 0) is 0 Å². The Balaban J connectivity index is 1.81. The summed E-state index contributed by atoms with van der Waals surface area (Å²) >= 11 is 1.78. The summed E-state index contributed by atoms with van der Waals surface area (Å²) in [5.74, 6) is 0. The summed E-state index contributed by atoms with van der Waals surface area (Å²) in [4.78, 5) is 7.38. The van der Waals surface area contributed by atoms with Crippen LogP contribution in [0.3, 0.4) is 0 Å². The molecule has 2 aromatic rings. The van der Waals surface area contributed by atoms with Crippen molar-refractivity contribution in [2.24, 2.45) is 0 Å². The van der Waals surface area contributed by atoms with Gasteiger partial charge < -0.3 is 5.32 Å². The van der Waals surface area contributed by atoms with Crippen molar-refractivity contribution >= 4 is 11.3 Å². The Bertz CT molecular complexity index is 573. The number of piperazine rings is 1. The highest BCUT2D eigenvalue weighted by molar-refractivity contribution is 7.10. The largest absolute Gasteiger partial charge is 0.314 e. The van der Waals surface area contributed by atoms with Gasteiger partial charge in [0.2, 0.25) is 0 Å². The molecule has 2 heterocycles. The van der Waals surface area contributed by atoms with Crippen LogP contribution >= 0.6 is 11.3 Å². The van der Waals surface area contributed by atoms with Crippen molar-refractivity contribution in [2.75, 3.05) is 26.2 Å². The van der Waals surface area contributed by atoms with Gasteiger partial charge in [-0.15, -0.1) is 11.3 Å². The maximum Gasteiger partial charge on any atom is 0.110 e. The van der Waals surface area contributed by atoms with E-state index in [1.807, 2.05) is 0 Å². The van der Waals surface area contributed by atoms with Crippen LogP contribution in [0.1, 0.15) is 23.5 Å². The molecular weight excluding hydrogens is 266 g/mol. The molecule has 0 radical (unpaired) electrons. The molecule has 1 atom stereocenters. The molecule has 0 bridgehead atoms. The minimum absolute atomic E-state index is 0.417. The highest BCUT2D eigenvalue weighted by atomic mass is 32.1. The monoisotopic (exact) mass is 287 g/mol. The molecule has 1 N–H and O–H groups in total. The van der Waals surface area contributed by atoms with E-state index in [-0.39, 0.29) is 0 Å². The van der Waals surface area contributed by atoms with Crippen LogP contribution in [0.25, 0.3) is 11.3 Å². The van der Waals surface area contributed by atoms with Gasteiger partial charge in [-0.2, -0.15) is 0 Å². The molecule has 0 spiro atoms. The molecule has 1 aliphatic rings. The molecule has 20 heavy (non-hydrogen) atoms. The van der Waals surface area contributed by atoms with Crippen LogP contribution in [0.15, 0.2) is 29.6 Å². The second kappa shape index (κ2) is 6.04. The standard InChI is InChI=1S/C16H21N3S/c1-12-5-3-4-6-14(12)15-11-20-16(18-15)13(2)19-9-7-17-8-10-19/h3-6,11,13,17H,7-10H2,1-2H3. The average molecular weight is 287 g/mol. The quantitative estimate of drug-likeness (QED) is 0.940. The molecule has 1 saturated heterocycles. The predicted octanol–water partition coefficient (Wildman–Crippen LogP) is 3.08. The minimum atomic E-state index is 0.417. The number of thiazole rings is 1. The van der Waals surface area contributed by atoms with Crippen LogP contribution in [0.2, 0.25) is 0 Å². The van der Waals surface area contributed by atoms with E-state index >= 15 is 0 Å². The smallest absolute Gasteiger partial charge is 0.110 e. The number of aryl methyl sites for hydroxylation is 1. The van der Waals surface area contributed by atoms with E-state index in [4.69, 9.17) is 4.98 Å². The first-order valence-corrected chi connectivity index (χ1v) is 8.10. The summed E-state index contributed by atoms with van der Waals surface area (Å²) in [6.07, 6.45) is 0. The fourth-order valence-corrected chi connectivity index (χ4v) is 3.60. The van der Waals surface area contributed by atoms with Gasteiger partial charge in [-0.3, -0.25) is 4.90 Å². The number of nitrogens with zero attached hydrogens (tertiary/aromatic N) is 2. The first kappa shape index (κ1) is 13.7. The van der Waals surface area contributed by atoms with Crippen molar-refractivity contribution in [3.63, 3.8) is 0 Å². The van der Waals surface area contributed by atoms with E-state index in [1.54, 1.807) is 11.3 Å². The van der Waals surface area contributed by atoms with Gasteiger partial charge in [0.25, 0.3) is 0 Å². The molecule has 1 unspecified atom stereocenters. The molecule has 106 valence electrons. The van der Waals surface area contributed by atoms with Gasteiger partial charge in [-0.1, -0.05) is 24.3 Å². The van der Waals surface area contributed by atoms with Crippen molar-refractivity contribution < 1.29 is 0 Å². The second-order valence-electron chi connectivity index (χ2n) is 5.35. The van der Waals surface area contributed by atoms with Crippen molar-refractivity contribution in [2.45, 2.75) is 19.9 Å². The predicted molar refractivity (Wildman–Crippen MR) is 85.1 cm³/mol. The second-order valence-corrected chi connectivity index (χ2v) is 6.24. The van der Waals surface area contributed by atoms with Gasteiger partial charge in [0.15, 0.2) is 0 Å². The first-order valence-electron chi connectivity index (χ1n) is 7.22. The first-order chi connectivity index (χ1) is 9.75. The molecule has 3 rings (SSSR count). The molecular formula is C16H21N3S. The molecule has 1 aromatic heterocycles. The Hall–Kier alpha value is -1.23. The summed E-state index contributed by atoms with van der Waals surface area (Å²) in [5, 5.41) is 6.82. The summed E-state index contributed by atoms with van der Waals surface area (Å²) in [6.45, 7) is 8.81. The number of rotatable bonds is 3. The van der Waals surface area contributed by atoms with Crippen molar-refractivity contribution in [3.8, 4) is 11.3 Å². The minimum Gasteiger partial charge on any atom is -0.314 e. The van der Waals surface area contributed by atoms with Crippen LogP contribution in [0, 0.1) is 6.92 Å². The normalized spacial score (nSPS) is 18.1. The van der Waals surface area contributed by atoms with Crippen molar-refractivity contribution in [3.05, 3.63) is 40.2 Å². The van der Waals surface area contributed by atoms with Crippen molar-refractivity contribution in [1.29, 1.82) is 0 Å². The third-order valence-electron chi connectivity index (χ3n) is 4.00. The lowest BCUT2D eigenvalue weighted by Crippen LogP contribution is -2.44. The van der Waals surface area contributed by atoms with Crippen LogP contribution in [0.4, 0.5) is 0 Å². The van der Waals surface area contributed by atoms with Gasteiger partial charge in [0.1, 0.15) is 5.01 Å². The van der Waals surface area contributed by atoms with E-state index in [0.717, 1.165) is 31.9 Å². The van der Waals surface area contributed by atoms with Crippen LogP contribution in [0.5, 0.6) is 0 Å². The molecule has 3 nitrogen and oxygen atoms in total. The topological polar surface area (TPSA) is 28.2 Å². The van der Waals surface area contributed by atoms with Gasteiger partial charge in [0, 0.05) is 37.1 Å². The van der Waals surface area contributed by atoms with E-state index in [2.05, 4.69) is 53.7 Å². The molecule has 1 fully saturated rings. The summed E-state index contributed by atoms with van der Waals surface area (Å²) in [5.41, 5.74) is 3.66. The fourth-order valence-electron chi connectivity index (χ4n) is 2.69. The summed E-state index contributed by atoms with van der Waals surface area (Å²) < 4.78 is 0. The van der Waals surface area contributed by atoms with Crippen molar-refractivity contribution in [1.82, 2.24) is 15.2 Å². The van der Waals surface area contributed by atoms with E-state index in [1.165, 1.54) is 16.1 Å². The number of nitrogens with one attached hydrogen (secondary N) is 1. The van der Waals surface area contributed by atoms with Crippen LogP contribution in [-0.4, -0.2) is 36.1 Å². The third kappa shape index (κ3) is 2.77. The lowest BCUT2D eigenvalue weighted by atomic mass is 10.1. The molecule has 4 heteroatoms. The maximum atomic E-state index is 4.87. The Morgan fingerprint density at radius 1 is 1.25 bits per heavy atom. The van der Waals surface area contributed by atoms with E-state index in [0.29, 0.717) is 6.04 Å². The molecule has 0 amide bonds. The zero-order valence-corrected chi connectivity index (χ0v) is 12.9. The van der Waals surface area contributed by atoms with Gasteiger partial charge in [0.05, 0.1) is 11.7 Å². The number of hydrogen-bond acceptors (Lipinski definition) is 4. The Morgan fingerprint density at radius 2 is 2.00 bits per heavy atom. The van der Waals surface area contributed by atoms with Gasteiger partial charge in [-0.25, -0.2) is 4.98 Å². The number of hydrogen-bond donors (Lipinski definition) is 1.